The third-order valence-electron chi connectivity index (χ3n) is 2.91. The summed E-state index contributed by atoms with van der Waals surface area (Å²) in [7, 11) is 0. The van der Waals surface area contributed by atoms with E-state index in [1.54, 1.807) is 6.07 Å². The molecule has 0 unspecified atom stereocenters. The van der Waals surface area contributed by atoms with Crippen LogP contribution in [0.3, 0.4) is 0 Å². The van der Waals surface area contributed by atoms with Crippen LogP contribution in [-0.4, -0.2) is 4.98 Å². The van der Waals surface area contributed by atoms with Crippen molar-refractivity contribution in [2.75, 3.05) is 0 Å². The standard InChI is InChI=1S/C16H15ClN2O/c1-10(2)13-5-4-11(3)6-14(13)20-16-8-12(9-18)7-15(17)19-16/h4-8,10H,1-3H3. The highest BCUT2D eigenvalue weighted by atomic mass is 35.5. The molecule has 0 aliphatic heterocycles. The summed E-state index contributed by atoms with van der Waals surface area (Å²) >= 11 is 5.89. The van der Waals surface area contributed by atoms with Crippen molar-refractivity contribution >= 4 is 11.6 Å². The van der Waals surface area contributed by atoms with Crippen LogP contribution in [0.15, 0.2) is 30.3 Å². The number of benzene rings is 1. The molecule has 0 aliphatic carbocycles. The molecule has 0 aliphatic rings. The second-order valence-corrected chi connectivity index (χ2v) is 5.31. The van der Waals surface area contributed by atoms with Crippen LogP contribution in [0.5, 0.6) is 11.6 Å². The van der Waals surface area contributed by atoms with Gasteiger partial charge in [-0.3, -0.25) is 0 Å². The average Bonchev–Trinajstić information content (AvgIpc) is 2.37. The van der Waals surface area contributed by atoms with Crippen LogP contribution in [0, 0.1) is 18.3 Å². The summed E-state index contributed by atoms with van der Waals surface area (Å²) in [5.74, 6) is 1.42. The van der Waals surface area contributed by atoms with Gasteiger partial charge >= 0.3 is 0 Å². The van der Waals surface area contributed by atoms with Crippen molar-refractivity contribution in [3.63, 3.8) is 0 Å². The predicted octanol–water partition coefficient (Wildman–Crippen LogP) is 4.83. The van der Waals surface area contributed by atoms with Crippen LogP contribution >= 0.6 is 11.6 Å². The fourth-order valence-corrected chi connectivity index (χ4v) is 2.11. The van der Waals surface area contributed by atoms with E-state index in [1.165, 1.54) is 6.07 Å². The van der Waals surface area contributed by atoms with Crippen molar-refractivity contribution in [2.45, 2.75) is 26.7 Å². The Morgan fingerprint density at radius 3 is 2.65 bits per heavy atom. The maximum atomic E-state index is 8.95. The highest BCUT2D eigenvalue weighted by Crippen LogP contribution is 2.31. The first-order valence-corrected chi connectivity index (χ1v) is 6.73. The molecule has 0 spiro atoms. The van der Waals surface area contributed by atoms with E-state index in [-0.39, 0.29) is 5.15 Å². The lowest BCUT2D eigenvalue weighted by Gasteiger charge is -2.14. The molecule has 1 aromatic carbocycles. The Morgan fingerprint density at radius 1 is 1.25 bits per heavy atom. The van der Waals surface area contributed by atoms with Crippen LogP contribution in [0.4, 0.5) is 0 Å². The Hall–Kier alpha value is -2.05. The zero-order chi connectivity index (χ0) is 14.7. The summed E-state index contributed by atoms with van der Waals surface area (Å²) < 4.78 is 5.83. The summed E-state index contributed by atoms with van der Waals surface area (Å²) in [6.45, 7) is 6.20. The van der Waals surface area contributed by atoms with Crippen molar-refractivity contribution in [1.29, 1.82) is 5.26 Å². The van der Waals surface area contributed by atoms with E-state index in [4.69, 9.17) is 21.6 Å². The van der Waals surface area contributed by atoms with E-state index in [2.05, 4.69) is 18.8 Å². The van der Waals surface area contributed by atoms with Crippen molar-refractivity contribution in [3.05, 3.63) is 52.2 Å². The van der Waals surface area contributed by atoms with Gasteiger partial charge < -0.3 is 4.74 Å². The molecule has 0 bridgehead atoms. The second kappa shape index (κ2) is 5.94. The van der Waals surface area contributed by atoms with Crippen molar-refractivity contribution in [1.82, 2.24) is 4.98 Å². The molecule has 3 nitrogen and oxygen atoms in total. The summed E-state index contributed by atoms with van der Waals surface area (Å²) in [5.41, 5.74) is 2.63. The Bertz CT molecular complexity index is 675. The van der Waals surface area contributed by atoms with Gasteiger partial charge in [0.2, 0.25) is 5.88 Å². The summed E-state index contributed by atoms with van der Waals surface area (Å²) in [6.07, 6.45) is 0. The molecule has 0 saturated carbocycles. The topological polar surface area (TPSA) is 45.9 Å². The maximum Gasteiger partial charge on any atom is 0.221 e. The molecule has 2 rings (SSSR count). The second-order valence-electron chi connectivity index (χ2n) is 4.93. The summed E-state index contributed by atoms with van der Waals surface area (Å²) in [6, 6.07) is 11.2. The van der Waals surface area contributed by atoms with E-state index in [9.17, 15) is 0 Å². The third kappa shape index (κ3) is 3.28. The van der Waals surface area contributed by atoms with Crippen LogP contribution in [0.25, 0.3) is 0 Å². The van der Waals surface area contributed by atoms with Gasteiger partial charge in [-0.2, -0.15) is 5.26 Å². The molecule has 0 fully saturated rings. The maximum absolute atomic E-state index is 8.95. The lowest BCUT2D eigenvalue weighted by Crippen LogP contribution is -1.96. The van der Waals surface area contributed by atoms with Crippen LogP contribution in [-0.2, 0) is 0 Å². The van der Waals surface area contributed by atoms with Crippen molar-refractivity contribution in [3.8, 4) is 17.7 Å². The molecule has 2 aromatic rings. The number of halogens is 1. The molecular formula is C16H15ClN2O. The van der Waals surface area contributed by atoms with Gasteiger partial charge in [-0.1, -0.05) is 37.6 Å². The first-order valence-electron chi connectivity index (χ1n) is 6.35. The number of hydrogen-bond acceptors (Lipinski definition) is 3. The summed E-state index contributed by atoms with van der Waals surface area (Å²) in [5, 5.41) is 9.20. The number of ether oxygens (including phenoxy) is 1. The van der Waals surface area contributed by atoms with Crippen LogP contribution in [0.1, 0.15) is 36.5 Å². The Labute approximate surface area is 123 Å². The quantitative estimate of drug-likeness (QED) is 0.759. The predicted molar refractivity (Wildman–Crippen MR) is 79.3 cm³/mol. The number of pyridine rings is 1. The Kier molecular flexibility index (Phi) is 4.26. The molecular weight excluding hydrogens is 272 g/mol. The molecule has 0 amide bonds. The van der Waals surface area contributed by atoms with Gasteiger partial charge in [0.1, 0.15) is 10.9 Å². The average molecular weight is 287 g/mol. The molecule has 0 radical (unpaired) electrons. The minimum atomic E-state index is 0.248. The molecule has 0 N–H and O–H groups in total. The SMILES string of the molecule is Cc1ccc(C(C)C)c(Oc2cc(C#N)cc(Cl)n2)c1. The fraction of sp³-hybridized carbons (Fsp3) is 0.250. The first kappa shape index (κ1) is 14.4. The van der Waals surface area contributed by atoms with E-state index in [0.29, 0.717) is 17.4 Å². The van der Waals surface area contributed by atoms with Gasteiger partial charge in [-0.05, 0) is 36.1 Å². The monoisotopic (exact) mass is 286 g/mol. The minimum absolute atomic E-state index is 0.248. The third-order valence-corrected chi connectivity index (χ3v) is 3.10. The number of nitriles is 1. The van der Waals surface area contributed by atoms with Gasteiger partial charge in [-0.25, -0.2) is 4.98 Å². The zero-order valence-corrected chi connectivity index (χ0v) is 12.4. The number of aromatic nitrogens is 1. The number of rotatable bonds is 3. The number of nitrogens with zero attached hydrogens (tertiary/aromatic N) is 2. The number of aryl methyl sites for hydroxylation is 1. The fourth-order valence-electron chi connectivity index (χ4n) is 1.91. The Balaban J connectivity index is 2.42. The molecule has 1 aromatic heterocycles. The normalized spacial score (nSPS) is 10.4. The van der Waals surface area contributed by atoms with Crippen molar-refractivity contribution in [2.24, 2.45) is 0 Å². The van der Waals surface area contributed by atoms with Crippen molar-refractivity contribution < 1.29 is 4.74 Å². The van der Waals surface area contributed by atoms with Gasteiger partial charge in [0.25, 0.3) is 0 Å². The zero-order valence-electron chi connectivity index (χ0n) is 11.6. The lowest BCUT2D eigenvalue weighted by atomic mass is 10.0. The molecule has 20 heavy (non-hydrogen) atoms. The van der Waals surface area contributed by atoms with E-state index >= 15 is 0 Å². The minimum Gasteiger partial charge on any atom is -0.439 e. The van der Waals surface area contributed by atoms with E-state index in [1.807, 2.05) is 31.2 Å². The first-order chi connectivity index (χ1) is 9.49. The lowest BCUT2D eigenvalue weighted by molar-refractivity contribution is 0.454. The van der Waals surface area contributed by atoms with Gasteiger partial charge in [0, 0.05) is 6.07 Å². The van der Waals surface area contributed by atoms with E-state index < -0.39 is 0 Å². The molecule has 1 heterocycles. The molecule has 4 heteroatoms. The Morgan fingerprint density at radius 2 is 2.00 bits per heavy atom. The largest absolute Gasteiger partial charge is 0.439 e. The van der Waals surface area contributed by atoms with Gasteiger partial charge in [0.15, 0.2) is 0 Å². The van der Waals surface area contributed by atoms with Gasteiger partial charge in [0.05, 0.1) is 11.6 Å². The molecule has 102 valence electrons. The summed E-state index contributed by atoms with van der Waals surface area (Å²) in [4.78, 5) is 4.10. The van der Waals surface area contributed by atoms with E-state index in [0.717, 1.165) is 16.9 Å². The van der Waals surface area contributed by atoms with Crippen LogP contribution in [0.2, 0.25) is 5.15 Å². The highest BCUT2D eigenvalue weighted by molar-refractivity contribution is 6.29. The number of hydrogen-bond donors (Lipinski definition) is 0. The molecule has 0 saturated heterocycles. The smallest absolute Gasteiger partial charge is 0.221 e. The van der Waals surface area contributed by atoms with Crippen LogP contribution < -0.4 is 4.74 Å². The van der Waals surface area contributed by atoms with Gasteiger partial charge in [-0.15, -0.1) is 0 Å². The highest BCUT2D eigenvalue weighted by Gasteiger charge is 2.11. The molecule has 0 atom stereocenters.